The topological polar surface area (TPSA) is 49.9 Å². The smallest absolute Gasteiger partial charge is 0.353 e. The molecule has 2 aromatic heterocycles. The van der Waals surface area contributed by atoms with Gasteiger partial charge in [-0.15, -0.1) is 15.2 Å². The van der Waals surface area contributed by atoms with Crippen LogP contribution in [0.4, 0.5) is 17.1 Å². The van der Waals surface area contributed by atoms with Crippen LogP contribution in [0.2, 0.25) is 0 Å². The van der Waals surface area contributed by atoms with E-state index in [9.17, 15) is 25.5 Å². The van der Waals surface area contributed by atoms with Gasteiger partial charge in [-0.3, -0.25) is 0 Å². The van der Waals surface area contributed by atoms with Crippen LogP contribution in [0.5, 0.6) is 0 Å². The molecule has 30 heavy (non-hydrogen) atoms. The number of alkyl halides is 3. The molecule has 3 nitrogen and oxygen atoms in total. The summed E-state index contributed by atoms with van der Waals surface area (Å²) in [6.45, 7) is 0. The summed E-state index contributed by atoms with van der Waals surface area (Å²) in [5.41, 5.74) is 1.16. The highest BCUT2D eigenvalue weighted by Gasteiger charge is 2.37. The Morgan fingerprint density at radius 1 is 0.967 bits per heavy atom. The Morgan fingerprint density at radius 2 is 1.70 bits per heavy atom. The van der Waals surface area contributed by atoms with Gasteiger partial charge in [-0.1, -0.05) is 48.5 Å². The van der Waals surface area contributed by atoms with E-state index in [-0.39, 0.29) is 10.9 Å². The predicted octanol–water partition coefficient (Wildman–Crippen LogP) is 6.64. The van der Waals surface area contributed by atoms with Crippen LogP contribution in [0.15, 0.2) is 70.9 Å². The lowest BCUT2D eigenvalue weighted by Gasteiger charge is -2.19. The number of fused-ring (bicyclic) bond motifs is 1. The van der Waals surface area contributed by atoms with Crippen molar-refractivity contribution in [3.05, 3.63) is 76.5 Å². The third-order valence-electron chi connectivity index (χ3n) is 4.83. The highest BCUT2D eigenvalue weighted by molar-refractivity contribution is 7.86. The molecule has 0 spiro atoms. The summed E-state index contributed by atoms with van der Waals surface area (Å²) >= 11 is 1.19. The number of H-pyrrole nitrogens is 1. The average Bonchev–Trinajstić information content (AvgIpc) is 3.33. The van der Waals surface area contributed by atoms with Gasteiger partial charge in [0.1, 0.15) is 4.90 Å². The number of para-hydroxylation sites is 1. The second-order valence-electron chi connectivity index (χ2n) is 6.78. The first kappa shape index (κ1) is 20.6. The fraction of sp³-hybridized carbons (Fsp3) is 0.143. The molecule has 0 aliphatic carbocycles. The highest BCUT2D eigenvalue weighted by Crippen LogP contribution is 2.46. The van der Waals surface area contributed by atoms with Gasteiger partial charge in [-0.05, 0) is 28.6 Å². The van der Waals surface area contributed by atoms with Crippen molar-refractivity contribution in [3.8, 4) is 11.3 Å². The first-order valence-electron chi connectivity index (χ1n) is 8.90. The van der Waals surface area contributed by atoms with Crippen LogP contribution in [0.1, 0.15) is 22.8 Å². The quantitative estimate of drug-likeness (QED) is 0.272. The van der Waals surface area contributed by atoms with Crippen molar-refractivity contribution < 1.29 is 25.5 Å². The van der Waals surface area contributed by atoms with Crippen molar-refractivity contribution in [3.63, 3.8) is 0 Å². The van der Waals surface area contributed by atoms with Gasteiger partial charge >= 0.3 is 16.4 Å². The molecular weight excluding hydrogens is 438 g/mol. The number of aromatic nitrogens is 1. The Morgan fingerprint density at radius 3 is 2.30 bits per heavy atom. The maximum Gasteiger partial charge on any atom is 0.390 e. The minimum Gasteiger partial charge on any atom is -0.353 e. The van der Waals surface area contributed by atoms with Crippen LogP contribution in [0.3, 0.4) is 0 Å². The van der Waals surface area contributed by atoms with Gasteiger partial charge in [0.25, 0.3) is 0 Å². The number of rotatable bonds is 5. The molecule has 9 heteroatoms. The molecule has 1 unspecified atom stereocenters. The van der Waals surface area contributed by atoms with Gasteiger partial charge in [0, 0.05) is 16.2 Å². The predicted molar refractivity (Wildman–Crippen MR) is 109 cm³/mol. The molecule has 0 saturated heterocycles. The van der Waals surface area contributed by atoms with E-state index in [1.165, 1.54) is 23.5 Å². The van der Waals surface area contributed by atoms with Crippen molar-refractivity contribution in [1.29, 1.82) is 0 Å². The third-order valence-corrected chi connectivity index (χ3v) is 6.68. The molecule has 0 bridgehead atoms. The molecule has 0 saturated carbocycles. The number of halogens is 4. The Bertz CT molecular complexity index is 1280. The summed E-state index contributed by atoms with van der Waals surface area (Å²) in [4.78, 5) is 2.79. The molecule has 4 rings (SSSR count). The Kier molecular flexibility index (Phi) is 5.19. The summed E-state index contributed by atoms with van der Waals surface area (Å²) < 4.78 is 77.8. The summed E-state index contributed by atoms with van der Waals surface area (Å²) in [7, 11) is -5.08. The molecule has 2 heterocycles. The minimum atomic E-state index is -5.08. The summed E-state index contributed by atoms with van der Waals surface area (Å²) in [5.74, 6) is -1.08. The van der Waals surface area contributed by atoms with E-state index < -0.39 is 33.6 Å². The van der Waals surface area contributed by atoms with Gasteiger partial charge in [0.15, 0.2) is 0 Å². The Labute approximate surface area is 174 Å². The average molecular weight is 453 g/mol. The largest absolute Gasteiger partial charge is 0.390 e. The van der Waals surface area contributed by atoms with Crippen molar-refractivity contribution in [1.82, 2.24) is 4.98 Å². The first-order chi connectivity index (χ1) is 14.1. The molecular formula is C21H15F4NO2S2. The molecule has 1 N–H and O–H groups in total. The molecule has 0 aliphatic rings. The number of hydrogen-bond donors (Lipinski definition) is 1. The highest BCUT2D eigenvalue weighted by atomic mass is 32.3. The number of aromatic amines is 1. The summed E-state index contributed by atoms with van der Waals surface area (Å²) in [6, 6.07) is 15.8. The number of hydrogen-bond acceptors (Lipinski definition) is 3. The van der Waals surface area contributed by atoms with Crippen molar-refractivity contribution in [2.24, 2.45) is 0 Å². The Hall–Kier alpha value is -2.65. The maximum absolute atomic E-state index is 13.9. The molecule has 0 fully saturated rings. The summed E-state index contributed by atoms with van der Waals surface area (Å²) in [6.07, 6.45) is -5.59. The van der Waals surface area contributed by atoms with Gasteiger partial charge in [0.05, 0.1) is 17.6 Å². The van der Waals surface area contributed by atoms with Crippen LogP contribution < -0.4 is 0 Å². The second kappa shape index (κ2) is 7.55. The van der Waals surface area contributed by atoms with Gasteiger partial charge in [0.2, 0.25) is 0 Å². The van der Waals surface area contributed by atoms with E-state index in [1.807, 2.05) is 0 Å². The van der Waals surface area contributed by atoms with Crippen LogP contribution >= 0.6 is 11.3 Å². The monoisotopic (exact) mass is 453 g/mol. The maximum atomic E-state index is 13.9. The SMILES string of the molecule is O=S(=O)(F)c1cccc2c(C(CC(F)(F)F)c3cccs3)c(-c3ccccc3)[nH]c12. The van der Waals surface area contributed by atoms with E-state index in [2.05, 4.69) is 4.98 Å². The molecule has 2 aromatic carbocycles. The van der Waals surface area contributed by atoms with E-state index >= 15 is 0 Å². The zero-order valence-corrected chi connectivity index (χ0v) is 16.9. The summed E-state index contributed by atoms with van der Waals surface area (Å²) in [5, 5.41) is 1.93. The van der Waals surface area contributed by atoms with E-state index in [1.54, 1.807) is 47.8 Å². The fourth-order valence-corrected chi connectivity index (χ4v) is 5.16. The van der Waals surface area contributed by atoms with Gasteiger partial charge in [-0.25, -0.2) is 0 Å². The van der Waals surface area contributed by atoms with Crippen molar-refractivity contribution in [2.75, 3.05) is 0 Å². The van der Waals surface area contributed by atoms with E-state index in [0.29, 0.717) is 21.7 Å². The molecule has 4 aromatic rings. The first-order valence-corrected chi connectivity index (χ1v) is 11.2. The lowest BCUT2D eigenvalue weighted by Crippen LogP contribution is -2.14. The third kappa shape index (κ3) is 3.99. The van der Waals surface area contributed by atoms with E-state index in [4.69, 9.17) is 0 Å². The zero-order chi connectivity index (χ0) is 21.5. The van der Waals surface area contributed by atoms with Crippen LogP contribution in [-0.4, -0.2) is 19.6 Å². The lowest BCUT2D eigenvalue weighted by molar-refractivity contribution is -0.136. The molecule has 0 radical (unpaired) electrons. The normalized spacial score (nSPS) is 13.6. The molecule has 0 aliphatic heterocycles. The number of benzene rings is 2. The zero-order valence-electron chi connectivity index (χ0n) is 15.3. The van der Waals surface area contributed by atoms with Crippen LogP contribution in [-0.2, 0) is 10.2 Å². The van der Waals surface area contributed by atoms with Gasteiger partial charge < -0.3 is 4.98 Å². The Balaban J connectivity index is 2.08. The van der Waals surface area contributed by atoms with Crippen LogP contribution in [0.25, 0.3) is 22.2 Å². The molecule has 156 valence electrons. The lowest BCUT2D eigenvalue weighted by atomic mass is 9.89. The van der Waals surface area contributed by atoms with Gasteiger partial charge in [-0.2, -0.15) is 21.6 Å². The minimum absolute atomic E-state index is 0.0439. The molecule has 1 atom stereocenters. The van der Waals surface area contributed by atoms with Crippen molar-refractivity contribution in [2.45, 2.75) is 23.4 Å². The number of nitrogens with one attached hydrogen (secondary N) is 1. The number of thiophene rings is 1. The van der Waals surface area contributed by atoms with Crippen molar-refractivity contribution >= 4 is 32.5 Å². The standard InChI is InChI=1S/C21H15F4NO2S2/c22-21(23,24)12-15(16-9-5-11-29-16)18-14-8-4-10-17(30(25,27)28)20(14)26-19(18)13-6-2-1-3-7-13/h1-11,15,26H,12H2. The fourth-order valence-electron chi connectivity index (χ4n) is 3.68. The van der Waals surface area contributed by atoms with E-state index in [0.717, 1.165) is 6.07 Å². The van der Waals surface area contributed by atoms with Crippen LogP contribution in [0, 0.1) is 0 Å². The second-order valence-corrected chi connectivity index (χ2v) is 9.08. The molecule has 0 amide bonds.